The molecule has 0 unspecified atom stereocenters. The van der Waals surface area contributed by atoms with E-state index in [1.807, 2.05) is 25.1 Å². The lowest BCUT2D eigenvalue weighted by molar-refractivity contribution is 0.0929. The lowest BCUT2D eigenvalue weighted by Gasteiger charge is -2.13. The Balaban J connectivity index is 1.44. The predicted molar refractivity (Wildman–Crippen MR) is 145 cm³/mol. The van der Waals surface area contributed by atoms with Gasteiger partial charge in [-0.15, -0.1) is 0 Å². The van der Waals surface area contributed by atoms with Gasteiger partial charge in [-0.2, -0.15) is 5.10 Å². The number of nitrogens with one attached hydrogen (secondary N) is 1. The van der Waals surface area contributed by atoms with Gasteiger partial charge in [-0.25, -0.2) is 5.43 Å². The van der Waals surface area contributed by atoms with Crippen LogP contribution in [0.15, 0.2) is 73.1 Å². The largest absolute Gasteiger partial charge is 0.490 e. The molecule has 10 heteroatoms. The minimum atomic E-state index is -0.467. The first kappa shape index (κ1) is 25.6. The maximum atomic E-state index is 12.5. The Bertz CT molecular complexity index is 1420. The Hall–Kier alpha value is -2.52. The molecular weight excluding hydrogens is 623 g/mol. The molecule has 4 rings (SSSR count). The van der Waals surface area contributed by atoms with Gasteiger partial charge in [0.25, 0.3) is 0 Å². The molecule has 0 aliphatic carbocycles. The number of rotatable bonds is 8. The number of carbonyl (C=O) groups excluding carboxylic acids is 1. The summed E-state index contributed by atoms with van der Waals surface area (Å²) in [5.41, 5.74) is 4.57. The van der Waals surface area contributed by atoms with E-state index in [-0.39, 0.29) is 12.4 Å². The molecule has 6 nitrogen and oxygen atoms in total. The molecule has 180 valence electrons. The fraction of sp³-hybridized carbons (Fsp3) is 0.120. The summed E-state index contributed by atoms with van der Waals surface area (Å²) in [6, 6.07) is 15.9. The minimum Gasteiger partial charge on any atom is -0.490 e. The zero-order valence-electron chi connectivity index (χ0n) is 18.3. The van der Waals surface area contributed by atoms with Crippen LogP contribution in [0.3, 0.4) is 0 Å². The van der Waals surface area contributed by atoms with E-state index in [9.17, 15) is 4.79 Å². The Labute approximate surface area is 228 Å². The average molecular weight is 641 g/mol. The van der Waals surface area contributed by atoms with Crippen LogP contribution >= 0.6 is 55.1 Å². The summed E-state index contributed by atoms with van der Waals surface area (Å²) < 4.78 is 18.9. The number of nitrogens with zero attached hydrogens (tertiary/aromatic N) is 1. The number of furan rings is 1. The van der Waals surface area contributed by atoms with Crippen LogP contribution in [0.1, 0.15) is 28.6 Å². The van der Waals surface area contributed by atoms with E-state index in [4.69, 9.17) is 37.1 Å². The predicted octanol–water partition coefficient (Wildman–Crippen LogP) is 8.01. The molecule has 35 heavy (non-hydrogen) atoms. The molecule has 0 spiro atoms. The van der Waals surface area contributed by atoms with Crippen molar-refractivity contribution in [1.29, 1.82) is 0 Å². The highest BCUT2D eigenvalue weighted by molar-refractivity contribution is 9.11. The molecule has 1 N–H and O–H groups in total. The average Bonchev–Trinajstić information content (AvgIpc) is 3.24. The summed E-state index contributed by atoms with van der Waals surface area (Å²) >= 11 is 19.0. The Morgan fingerprint density at radius 2 is 1.89 bits per heavy atom. The molecule has 1 amide bonds. The van der Waals surface area contributed by atoms with E-state index >= 15 is 0 Å². The van der Waals surface area contributed by atoms with Crippen molar-refractivity contribution in [2.75, 3.05) is 6.61 Å². The van der Waals surface area contributed by atoms with Crippen LogP contribution in [0.4, 0.5) is 0 Å². The van der Waals surface area contributed by atoms with E-state index in [1.54, 1.807) is 36.4 Å². The normalized spacial score (nSPS) is 11.2. The summed E-state index contributed by atoms with van der Waals surface area (Å²) in [5, 5.41) is 5.92. The van der Waals surface area contributed by atoms with Crippen LogP contribution in [0, 0.1) is 0 Å². The molecule has 0 atom stereocenters. The number of benzene rings is 3. The van der Waals surface area contributed by atoms with E-state index in [0.717, 1.165) is 19.9 Å². The lowest BCUT2D eigenvalue weighted by Crippen LogP contribution is -2.16. The molecule has 0 radical (unpaired) electrons. The van der Waals surface area contributed by atoms with Crippen molar-refractivity contribution >= 4 is 78.2 Å². The van der Waals surface area contributed by atoms with Crippen molar-refractivity contribution in [3.05, 3.63) is 90.5 Å². The van der Waals surface area contributed by atoms with Gasteiger partial charge >= 0.3 is 5.91 Å². The standard InChI is InChI=1S/C25H18Br2Cl2N2O4/c1-2-33-22-7-14(3-6-21(22)34-13-15-4-5-18(28)11-20(15)29)12-30-31-25(32)23-9-16-8-17(26)10-19(27)24(16)35-23/h3-12H,2,13H2,1H3,(H,31,32)/b30-12-. The number of halogens is 4. The van der Waals surface area contributed by atoms with Gasteiger partial charge in [0, 0.05) is 25.5 Å². The smallest absolute Gasteiger partial charge is 0.307 e. The second-order valence-corrected chi connectivity index (χ2v) is 9.89. The fourth-order valence-corrected chi connectivity index (χ4v) is 5.00. The molecule has 0 fully saturated rings. The molecule has 1 heterocycles. The lowest BCUT2D eigenvalue weighted by atomic mass is 10.2. The van der Waals surface area contributed by atoms with Crippen LogP contribution < -0.4 is 14.9 Å². The molecule has 1 aromatic heterocycles. The summed E-state index contributed by atoms with van der Waals surface area (Å²) in [5.74, 6) is 0.777. The van der Waals surface area contributed by atoms with Crippen LogP contribution in [-0.2, 0) is 6.61 Å². The highest BCUT2D eigenvalue weighted by atomic mass is 79.9. The van der Waals surface area contributed by atoms with Gasteiger partial charge in [0.05, 0.1) is 17.3 Å². The molecule has 4 aromatic rings. The van der Waals surface area contributed by atoms with Crippen molar-refractivity contribution in [3.8, 4) is 11.5 Å². The maximum Gasteiger partial charge on any atom is 0.307 e. The van der Waals surface area contributed by atoms with Crippen molar-refractivity contribution in [1.82, 2.24) is 5.43 Å². The van der Waals surface area contributed by atoms with Crippen molar-refractivity contribution in [3.63, 3.8) is 0 Å². The van der Waals surface area contributed by atoms with Gasteiger partial charge in [-0.05, 0) is 76.9 Å². The topological polar surface area (TPSA) is 73.1 Å². The number of amides is 1. The van der Waals surface area contributed by atoms with Gasteiger partial charge in [-0.3, -0.25) is 4.79 Å². The van der Waals surface area contributed by atoms with Gasteiger partial charge in [0.2, 0.25) is 0 Å². The third-order valence-corrected chi connectivity index (χ3v) is 6.44. The van der Waals surface area contributed by atoms with Crippen molar-refractivity contribution in [2.45, 2.75) is 13.5 Å². The Kier molecular flexibility index (Phi) is 8.38. The third kappa shape index (κ3) is 6.38. The summed E-state index contributed by atoms with van der Waals surface area (Å²) in [6.07, 6.45) is 1.51. The van der Waals surface area contributed by atoms with E-state index in [2.05, 4.69) is 42.4 Å². The fourth-order valence-electron chi connectivity index (χ4n) is 3.19. The molecule has 3 aromatic carbocycles. The zero-order valence-corrected chi connectivity index (χ0v) is 23.0. The summed E-state index contributed by atoms with van der Waals surface area (Å²) in [6.45, 7) is 2.59. The number of hydrogen-bond acceptors (Lipinski definition) is 5. The van der Waals surface area contributed by atoms with Crippen molar-refractivity contribution in [2.24, 2.45) is 5.10 Å². The summed E-state index contributed by atoms with van der Waals surface area (Å²) in [7, 11) is 0. The number of ether oxygens (including phenoxy) is 2. The first-order valence-electron chi connectivity index (χ1n) is 10.4. The molecule has 0 saturated heterocycles. The van der Waals surface area contributed by atoms with Crippen LogP contribution in [0.25, 0.3) is 11.0 Å². The van der Waals surface area contributed by atoms with Gasteiger partial charge in [0.1, 0.15) is 12.2 Å². The highest BCUT2D eigenvalue weighted by Gasteiger charge is 2.14. The zero-order chi connectivity index (χ0) is 24.9. The van der Waals surface area contributed by atoms with Crippen LogP contribution in [0.2, 0.25) is 10.0 Å². The number of hydrazone groups is 1. The first-order valence-corrected chi connectivity index (χ1v) is 12.7. The number of fused-ring (bicyclic) bond motifs is 1. The first-order chi connectivity index (χ1) is 16.8. The number of hydrogen-bond donors (Lipinski definition) is 1. The van der Waals surface area contributed by atoms with Gasteiger partial charge < -0.3 is 13.9 Å². The molecule has 0 bridgehead atoms. The van der Waals surface area contributed by atoms with Gasteiger partial charge in [0.15, 0.2) is 17.3 Å². The SMILES string of the molecule is CCOc1cc(/C=N\NC(=O)c2cc3cc(Br)cc(Br)c3o2)ccc1OCc1ccc(Cl)cc1Cl. The molecule has 0 aliphatic heterocycles. The maximum absolute atomic E-state index is 12.5. The van der Waals surface area contributed by atoms with Crippen LogP contribution in [0.5, 0.6) is 11.5 Å². The quantitative estimate of drug-likeness (QED) is 0.156. The summed E-state index contributed by atoms with van der Waals surface area (Å²) in [4.78, 5) is 12.5. The Morgan fingerprint density at radius 1 is 1.06 bits per heavy atom. The van der Waals surface area contributed by atoms with E-state index in [0.29, 0.717) is 39.3 Å². The third-order valence-electron chi connectivity index (χ3n) is 4.81. The van der Waals surface area contributed by atoms with Gasteiger partial charge in [-0.1, -0.05) is 45.2 Å². The highest BCUT2D eigenvalue weighted by Crippen LogP contribution is 2.32. The second-order valence-electron chi connectivity index (χ2n) is 7.28. The molecule has 0 saturated carbocycles. The van der Waals surface area contributed by atoms with Crippen LogP contribution in [-0.4, -0.2) is 18.7 Å². The van der Waals surface area contributed by atoms with E-state index in [1.165, 1.54) is 6.21 Å². The number of carbonyl (C=O) groups is 1. The molecule has 0 aliphatic rings. The Morgan fingerprint density at radius 3 is 2.66 bits per heavy atom. The second kappa shape index (κ2) is 11.5. The molecular formula is C25H18Br2Cl2N2O4. The van der Waals surface area contributed by atoms with Crippen molar-refractivity contribution < 1.29 is 18.7 Å². The minimum absolute atomic E-state index is 0.149. The van der Waals surface area contributed by atoms with E-state index < -0.39 is 5.91 Å². The monoisotopic (exact) mass is 638 g/mol.